The molecule has 2 atom stereocenters. The van der Waals surface area contributed by atoms with Gasteiger partial charge in [-0.25, -0.2) is 4.98 Å². The Morgan fingerprint density at radius 1 is 1.46 bits per heavy atom. The van der Waals surface area contributed by atoms with Crippen molar-refractivity contribution in [1.29, 1.82) is 0 Å². The van der Waals surface area contributed by atoms with Gasteiger partial charge < -0.3 is 26.1 Å². The van der Waals surface area contributed by atoms with Crippen LogP contribution in [0.5, 0.6) is 0 Å². The first-order valence-corrected chi connectivity index (χ1v) is 8.58. The normalized spacial score (nSPS) is 19.0. The summed E-state index contributed by atoms with van der Waals surface area (Å²) in [5, 5.41) is 14.9. The van der Waals surface area contributed by atoms with Crippen molar-refractivity contribution in [2.45, 2.75) is 12.1 Å². The highest BCUT2D eigenvalue weighted by Gasteiger charge is 2.45. The monoisotopic (exact) mass is 402 g/mol. The Bertz CT molecular complexity index is 766. The lowest BCUT2D eigenvalue weighted by Crippen LogP contribution is -2.73. The summed E-state index contributed by atoms with van der Waals surface area (Å²) < 4.78 is 0. The van der Waals surface area contributed by atoms with Gasteiger partial charge in [0.15, 0.2) is 10.8 Å². The van der Waals surface area contributed by atoms with Gasteiger partial charge in [0, 0.05) is 12.4 Å². The van der Waals surface area contributed by atoms with E-state index < -0.39 is 35.7 Å². The van der Waals surface area contributed by atoms with Gasteiger partial charge in [-0.15, -0.1) is 22.9 Å². The van der Waals surface area contributed by atoms with Gasteiger partial charge in [-0.05, 0) is 0 Å². The highest BCUT2D eigenvalue weighted by molar-refractivity contribution is 7.14. The quantitative estimate of drug-likeness (QED) is 0.187. The Balaban J connectivity index is 2.13. The van der Waals surface area contributed by atoms with Gasteiger partial charge in [-0.3, -0.25) is 19.2 Å². The number of rotatable bonds is 7. The summed E-state index contributed by atoms with van der Waals surface area (Å²) in [7, 11) is 2.65. The number of alkyl halides is 1. The Morgan fingerprint density at radius 2 is 2.19 bits per heavy atom. The number of hydrogen-bond acceptors (Lipinski definition) is 8. The summed E-state index contributed by atoms with van der Waals surface area (Å²) in [5.74, 6) is -2.41. The molecule has 0 radical (unpaired) electrons. The van der Waals surface area contributed by atoms with Gasteiger partial charge in [0.05, 0.1) is 0 Å². The predicted molar refractivity (Wildman–Crippen MR) is 92.9 cm³/mol. The second-order valence-electron chi connectivity index (χ2n) is 4.89. The Kier molecular flexibility index (Phi) is 6.46. The lowest BCUT2D eigenvalue weighted by molar-refractivity contribution is -0.141. The molecule has 140 valence electrons. The molecule has 2 rings (SSSR count). The molecule has 26 heavy (non-hydrogen) atoms. The van der Waals surface area contributed by atoms with Crippen molar-refractivity contribution in [3.05, 3.63) is 11.1 Å². The maximum absolute atomic E-state index is 12.4. The fraction of sp³-hybridized carbons (Fsp3) is 0.385. The van der Waals surface area contributed by atoms with Crippen molar-refractivity contribution in [2.75, 3.05) is 25.4 Å². The summed E-state index contributed by atoms with van der Waals surface area (Å²) >= 11 is 6.45. The number of halogens is 1. The number of thiazole rings is 1. The number of oxime groups is 1. The molecule has 2 heterocycles. The highest BCUT2D eigenvalue weighted by atomic mass is 35.5. The summed E-state index contributed by atoms with van der Waals surface area (Å²) in [6.45, 7) is 0. The van der Waals surface area contributed by atoms with Crippen LogP contribution in [0.4, 0.5) is 5.13 Å². The van der Waals surface area contributed by atoms with E-state index in [1.165, 1.54) is 19.5 Å². The molecular formula is C13H15ClN6O5S. The van der Waals surface area contributed by atoms with Crippen LogP contribution in [0.3, 0.4) is 0 Å². The molecule has 0 saturated carbocycles. The Morgan fingerprint density at radius 3 is 2.77 bits per heavy atom. The molecule has 0 bridgehead atoms. The van der Waals surface area contributed by atoms with E-state index in [9.17, 15) is 19.2 Å². The van der Waals surface area contributed by atoms with E-state index in [0.717, 1.165) is 11.3 Å². The summed E-state index contributed by atoms with van der Waals surface area (Å²) in [6, 6.07) is -1.92. The third kappa shape index (κ3) is 4.26. The minimum atomic E-state index is -1.04. The molecule has 11 nitrogen and oxygen atoms in total. The van der Waals surface area contributed by atoms with Crippen LogP contribution in [0.1, 0.15) is 5.69 Å². The fourth-order valence-electron chi connectivity index (χ4n) is 2.00. The number of hydrogen-bond donors (Lipinski definition) is 4. The first-order chi connectivity index (χ1) is 12.4. The van der Waals surface area contributed by atoms with E-state index in [-0.39, 0.29) is 22.4 Å². The fourth-order valence-corrected chi connectivity index (χ4v) is 2.78. The maximum Gasteiger partial charge on any atom is 0.276 e. The molecule has 4 amide bonds. The highest BCUT2D eigenvalue weighted by Crippen LogP contribution is 2.17. The first kappa shape index (κ1) is 19.6. The molecule has 0 spiro atoms. The standard InChI is InChI=1S/C13H15ClN6O5S/c1-15-10(22)8-9(12(24)18-8)19-11(23)7(20-25-2)5-4-26-13(16-5)17-6(21)3-14/h4,8-9H,3H2,1-2H3,(H,15,22)(H,18,24)(H,19,23)(H,16,17,21)/t8-,9-/m1/s1. The zero-order valence-electron chi connectivity index (χ0n) is 13.7. The van der Waals surface area contributed by atoms with Crippen LogP contribution in [0.15, 0.2) is 10.5 Å². The molecule has 4 N–H and O–H groups in total. The van der Waals surface area contributed by atoms with E-state index in [1.807, 2.05) is 0 Å². The molecule has 0 aromatic carbocycles. The topological polar surface area (TPSA) is 151 Å². The van der Waals surface area contributed by atoms with Crippen LogP contribution >= 0.6 is 22.9 Å². The Labute approximate surface area is 156 Å². The number of β-lactam (4-membered cyclic amide) rings is 1. The van der Waals surface area contributed by atoms with Gasteiger partial charge in [0.2, 0.25) is 17.7 Å². The van der Waals surface area contributed by atoms with Crippen molar-refractivity contribution in [3.63, 3.8) is 0 Å². The number of likely N-dealkylation sites (N-methyl/N-ethyl adjacent to an activating group) is 1. The minimum absolute atomic E-state index is 0.121. The second-order valence-corrected chi connectivity index (χ2v) is 6.02. The first-order valence-electron chi connectivity index (χ1n) is 7.17. The van der Waals surface area contributed by atoms with Crippen LogP contribution in [-0.2, 0) is 24.0 Å². The van der Waals surface area contributed by atoms with E-state index in [1.54, 1.807) is 0 Å². The molecule has 1 fully saturated rings. The van der Waals surface area contributed by atoms with Gasteiger partial charge >= 0.3 is 0 Å². The number of anilines is 1. The van der Waals surface area contributed by atoms with Crippen LogP contribution in [0.25, 0.3) is 0 Å². The van der Waals surface area contributed by atoms with E-state index in [4.69, 9.17) is 11.6 Å². The van der Waals surface area contributed by atoms with Gasteiger partial charge in [0.1, 0.15) is 30.8 Å². The molecule has 0 unspecified atom stereocenters. The predicted octanol–water partition coefficient (Wildman–Crippen LogP) is -1.60. The average molecular weight is 403 g/mol. The smallest absolute Gasteiger partial charge is 0.276 e. The lowest BCUT2D eigenvalue weighted by Gasteiger charge is -2.35. The van der Waals surface area contributed by atoms with Gasteiger partial charge in [-0.1, -0.05) is 5.16 Å². The van der Waals surface area contributed by atoms with E-state index in [2.05, 4.69) is 36.2 Å². The summed E-state index contributed by atoms with van der Waals surface area (Å²) in [5.41, 5.74) is -0.0964. The second kappa shape index (κ2) is 8.58. The molecular weight excluding hydrogens is 388 g/mol. The molecule has 1 aromatic rings. The van der Waals surface area contributed by atoms with Crippen LogP contribution in [0, 0.1) is 0 Å². The van der Waals surface area contributed by atoms with E-state index >= 15 is 0 Å². The third-order valence-corrected chi connectivity index (χ3v) is 4.24. The molecule has 0 aliphatic carbocycles. The number of nitrogens with one attached hydrogen (secondary N) is 4. The number of carbonyl (C=O) groups is 4. The third-order valence-electron chi connectivity index (χ3n) is 3.24. The zero-order chi connectivity index (χ0) is 19.3. The van der Waals surface area contributed by atoms with Crippen LogP contribution in [0.2, 0.25) is 0 Å². The van der Waals surface area contributed by atoms with Crippen molar-refractivity contribution >= 4 is 57.4 Å². The van der Waals surface area contributed by atoms with Crippen molar-refractivity contribution in [3.8, 4) is 0 Å². The number of aromatic nitrogens is 1. The lowest BCUT2D eigenvalue weighted by atomic mass is 9.98. The number of carbonyl (C=O) groups excluding carboxylic acids is 4. The van der Waals surface area contributed by atoms with Crippen molar-refractivity contribution in [1.82, 2.24) is 20.9 Å². The van der Waals surface area contributed by atoms with Crippen LogP contribution < -0.4 is 21.3 Å². The maximum atomic E-state index is 12.4. The largest absolute Gasteiger partial charge is 0.398 e. The molecule has 1 aliphatic heterocycles. The van der Waals surface area contributed by atoms with Gasteiger partial charge in [0.25, 0.3) is 5.91 Å². The van der Waals surface area contributed by atoms with Crippen molar-refractivity contribution < 1.29 is 24.0 Å². The summed E-state index contributed by atoms with van der Waals surface area (Å²) in [4.78, 5) is 55.7. The number of nitrogens with zero attached hydrogens (tertiary/aromatic N) is 2. The average Bonchev–Trinajstić information content (AvgIpc) is 3.08. The Hall–Kier alpha value is -2.73. The minimum Gasteiger partial charge on any atom is -0.398 e. The van der Waals surface area contributed by atoms with Crippen molar-refractivity contribution in [2.24, 2.45) is 5.16 Å². The number of amides is 4. The molecule has 1 saturated heterocycles. The molecule has 1 aliphatic rings. The molecule has 1 aromatic heterocycles. The van der Waals surface area contributed by atoms with Crippen LogP contribution in [-0.4, -0.2) is 66.4 Å². The molecule has 13 heteroatoms. The summed E-state index contributed by atoms with van der Waals surface area (Å²) in [6.07, 6.45) is 0. The van der Waals surface area contributed by atoms with E-state index in [0.29, 0.717) is 0 Å². The SMILES string of the molecule is CNC(=O)[C@@H]1NC(=O)[C@@H]1NC(=O)C(=NOC)c1csc(NC(=O)CCl)n1. The van der Waals surface area contributed by atoms with Gasteiger partial charge in [-0.2, -0.15) is 0 Å². The zero-order valence-corrected chi connectivity index (χ0v) is 15.2.